The van der Waals surface area contributed by atoms with Crippen molar-refractivity contribution in [1.82, 2.24) is 14.8 Å². The predicted molar refractivity (Wildman–Crippen MR) is 72.1 cm³/mol. The Labute approximate surface area is 113 Å². The molecule has 0 unspecified atom stereocenters. The highest BCUT2D eigenvalue weighted by Crippen LogP contribution is 2.10. The molecule has 0 saturated heterocycles. The number of rotatable bonds is 4. The first-order valence-electron chi connectivity index (χ1n) is 5.55. The number of carbonyl (C=O) groups excluding carboxylic acids is 1. The maximum Gasteiger partial charge on any atom is 0.227 e. The summed E-state index contributed by atoms with van der Waals surface area (Å²) >= 11 is 3.29. The Morgan fingerprint density at radius 1 is 1.44 bits per heavy atom. The van der Waals surface area contributed by atoms with Crippen LogP contribution in [0.25, 0.3) is 0 Å². The Balaban J connectivity index is 1.86. The summed E-state index contributed by atoms with van der Waals surface area (Å²) in [6.07, 6.45) is 3.75. The average molecular weight is 309 g/mol. The number of anilines is 1. The number of nitrogens with zero attached hydrogens (tertiary/aromatic N) is 3. The second-order valence-electron chi connectivity index (χ2n) is 3.86. The molecule has 2 rings (SSSR count). The number of aryl methyl sites for hydroxylation is 2. The van der Waals surface area contributed by atoms with Gasteiger partial charge in [0, 0.05) is 35.5 Å². The normalized spacial score (nSPS) is 10.3. The molecule has 0 aromatic carbocycles. The first-order chi connectivity index (χ1) is 8.65. The number of hydrogen-bond donors (Lipinski definition) is 1. The number of hydrogen-bond acceptors (Lipinski definition) is 3. The summed E-state index contributed by atoms with van der Waals surface area (Å²) in [6.45, 7) is 2.53. The van der Waals surface area contributed by atoms with Crippen molar-refractivity contribution in [2.45, 2.75) is 19.9 Å². The highest BCUT2D eigenvalue weighted by molar-refractivity contribution is 9.10. The Morgan fingerprint density at radius 3 is 2.89 bits per heavy atom. The fourth-order valence-electron chi connectivity index (χ4n) is 1.50. The van der Waals surface area contributed by atoms with Gasteiger partial charge in [-0.15, -0.1) is 0 Å². The summed E-state index contributed by atoms with van der Waals surface area (Å²) in [5.74, 6) is 0.486. The third-order valence-corrected chi connectivity index (χ3v) is 2.94. The number of nitrogens with one attached hydrogen (secondary N) is 1. The molecule has 0 aliphatic rings. The molecule has 0 atom stereocenters. The van der Waals surface area contributed by atoms with E-state index in [1.807, 2.05) is 19.1 Å². The second kappa shape index (κ2) is 5.77. The molecule has 6 heteroatoms. The van der Waals surface area contributed by atoms with Gasteiger partial charge in [0.05, 0.1) is 0 Å². The molecule has 2 aromatic rings. The fourth-order valence-corrected chi connectivity index (χ4v) is 1.73. The third-order valence-electron chi connectivity index (χ3n) is 2.47. The van der Waals surface area contributed by atoms with Gasteiger partial charge in [-0.05, 0) is 41.1 Å². The van der Waals surface area contributed by atoms with Crippen molar-refractivity contribution in [3.63, 3.8) is 0 Å². The zero-order chi connectivity index (χ0) is 13.0. The molecule has 0 fully saturated rings. The Hall–Kier alpha value is -1.69. The second-order valence-corrected chi connectivity index (χ2v) is 4.77. The first kappa shape index (κ1) is 12.8. The fraction of sp³-hybridized carbons (Fsp3) is 0.250. The molecule has 0 bridgehead atoms. The van der Waals surface area contributed by atoms with Crippen LogP contribution in [0, 0.1) is 6.92 Å². The van der Waals surface area contributed by atoms with Crippen LogP contribution >= 0.6 is 15.9 Å². The lowest BCUT2D eigenvalue weighted by Crippen LogP contribution is -2.16. The summed E-state index contributed by atoms with van der Waals surface area (Å²) < 4.78 is 2.68. The van der Waals surface area contributed by atoms with E-state index in [4.69, 9.17) is 0 Å². The van der Waals surface area contributed by atoms with Crippen molar-refractivity contribution in [3.8, 4) is 0 Å². The predicted octanol–water partition coefficient (Wildman–Crippen LogP) is 2.38. The van der Waals surface area contributed by atoms with E-state index >= 15 is 0 Å². The zero-order valence-electron chi connectivity index (χ0n) is 9.93. The summed E-state index contributed by atoms with van der Waals surface area (Å²) in [7, 11) is 0. The van der Waals surface area contributed by atoms with E-state index in [9.17, 15) is 4.79 Å². The van der Waals surface area contributed by atoms with Crippen LogP contribution in [-0.2, 0) is 11.3 Å². The van der Waals surface area contributed by atoms with Crippen LogP contribution < -0.4 is 5.32 Å². The summed E-state index contributed by atoms with van der Waals surface area (Å²) in [6, 6.07) is 5.50. The van der Waals surface area contributed by atoms with Crippen LogP contribution in [0.2, 0.25) is 0 Å². The van der Waals surface area contributed by atoms with Gasteiger partial charge in [-0.25, -0.2) is 4.98 Å². The van der Waals surface area contributed by atoms with E-state index in [1.54, 1.807) is 23.1 Å². The lowest BCUT2D eigenvalue weighted by atomic mass is 10.3. The smallest absolute Gasteiger partial charge is 0.227 e. The Kier molecular flexibility index (Phi) is 4.09. The van der Waals surface area contributed by atoms with Crippen LogP contribution in [0.15, 0.2) is 35.1 Å². The maximum absolute atomic E-state index is 11.7. The third kappa shape index (κ3) is 3.40. The van der Waals surface area contributed by atoms with Crippen LogP contribution in [0.1, 0.15) is 12.1 Å². The topological polar surface area (TPSA) is 59.8 Å². The van der Waals surface area contributed by atoms with Crippen molar-refractivity contribution >= 4 is 27.7 Å². The standard InChI is InChI=1S/C12H13BrN4O/c1-9-4-6-15-17(9)7-5-12(18)16-11-3-2-10(13)8-14-11/h2-4,6,8H,5,7H2,1H3,(H,14,16,18). The minimum atomic E-state index is -0.0697. The summed E-state index contributed by atoms with van der Waals surface area (Å²) in [4.78, 5) is 15.8. The van der Waals surface area contributed by atoms with E-state index in [1.165, 1.54) is 0 Å². The van der Waals surface area contributed by atoms with Crippen molar-refractivity contribution in [3.05, 3.63) is 40.8 Å². The minimum absolute atomic E-state index is 0.0697. The van der Waals surface area contributed by atoms with Crippen LogP contribution in [0.3, 0.4) is 0 Å². The van der Waals surface area contributed by atoms with Crippen molar-refractivity contribution in [2.75, 3.05) is 5.32 Å². The van der Waals surface area contributed by atoms with Gasteiger partial charge >= 0.3 is 0 Å². The molecule has 0 saturated carbocycles. The number of amides is 1. The van der Waals surface area contributed by atoms with E-state index in [-0.39, 0.29) is 5.91 Å². The van der Waals surface area contributed by atoms with Gasteiger partial charge in [-0.1, -0.05) is 0 Å². The van der Waals surface area contributed by atoms with E-state index in [2.05, 4.69) is 31.3 Å². The van der Waals surface area contributed by atoms with Crippen molar-refractivity contribution in [2.24, 2.45) is 0 Å². The molecule has 0 aliphatic carbocycles. The number of halogens is 1. The molecule has 18 heavy (non-hydrogen) atoms. The number of aromatic nitrogens is 3. The molecule has 0 spiro atoms. The Bertz CT molecular complexity index is 535. The Morgan fingerprint density at radius 2 is 2.28 bits per heavy atom. The molecule has 0 radical (unpaired) electrons. The van der Waals surface area contributed by atoms with E-state index < -0.39 is 0 Å². The largest absolute Gasteiger partial charge is 0.311 e. The highest BCUT2D eigenvalue weighted by Gasteiger charge is 2.05. The minimum Gasteiger partial charge on any atom is -0.311 e. The van der Waals surface area contributed by atoms with Gasteiger partial charge < -0.3 is 5.32 Å². The molecular weight excluding hydrogens is 296 g/mol. The molecule has 0 aliphatic heterocycles. The van der Waals surface area contributed by atoms with E-state index in [0.717, 1.165) is 10.2 Å². The monoisotopic (exact) mass is 308 g/mol. The van der Waals surface area contributed by atoms with Gasteiger partial charge in [0.1, 0.15) is 5.82 Å². The maximum atomic E-state index is 11.7. The highest BCUT2D eigenvalue weighted by atomic mass is 79.9. The molecule has 1 N–H and O–H groups in total. The first-order valence-corrected chi connectivity index (χ1v) is 6.34. The van der Waals surface area contributed by atoms with Crippen molar-refractivity contribution in [1.29, 1.82) is 0 Å². The molecule has 1 amide bonds. The summed E-state index contributed by atoms with van der Waals surface area (Å²) in [5.41, 5.74) is 1.05. The molecule has 2 aromatic heterocycles. The molecule has 94 valence electrons. The van der Waals surface area contributed by atoms with Crippen molar-refractivity contribution < 1.29 is 4.79 Å². The van der Waals surface area contributed by atoms with Gasteiger partial charge in [0.25, 0.3) is 0 Å². The molecule has 2 heterocycles. The van der Waals surface area contributed by atoms with Gasteiger partial charge in [0.15, 0.2) is 0 Å². The zero-order valence-corrected chi connectivity index (χ0v) is 11.5. The van der Waals surface area contributed by atoms with Crippen LogP contribution in [0.4, 0.5) is 5.82 Å². The lowest BCUT2D eigenvalue weighted by molar-refractivity contribution is -0.116. The van der Waals surface area contributed by atoms with Gasteiger partial charge in [-0.3, -0.25) is 9.48 Å². The van der Waals surface area contributed by atoms with Gasteiger partial charge in [0.2, 0.25) is 5.91 Å². The van der Waals surface area contributed by atoms with E-state index in [0.29, 0.717) is 18.8 Å². The SMILES string of the molecule is Cc1ccnn1CCC(=O)Nc1ccc(Br)cn1. The van der Waals surface area contributed by atoms with Crippen LogP contribution in [0.5, 0.6) is 0 Å². The number of pyridine rings is 1. The van der Waals surface area contributed by atoms with Crippen LogP contribution in [-0.4, -0.2) is 20.7 Å². The molecule has 5 nitrogen and oxygen atoms in total. The summed E-state index contributed by atoms with van der Waals surface area (Å²) in [5, 5.41) is 6.86. The molecular formula is C12H13BrN4O. The van der Waals surface area contributed by atoms with Gasteiger partial charge in [-0.2, -0.15) is 5.10 Å². The average Bonchev–Trinajstić information content (AvgIpc) is 2.75. The lowest BCUT2D eigenvalue weighted by Gasteiger charge is -2.05. The number of carbonyl (C=O) groups is 1. The quantitative estimate of drug-likeness (QED) is 0.943.